The number of aromatic nitrogens is 2. The lowest BCUT2D eigenvalue weighted by molar-refractivity contribution is -0.116. The molecule has 0 fully saturated rings. The molecule has 0 unspecified atom stereocenters. The van der Waals surface area contributed by atoms with Crippen LogP contribution in [-0.2, 0) is 17.9 Å². The van der Waals surface area contributed by atoms with Gasteiger partial charge in [-0.25, -0.2) is 4.79 Å². The van der Waals surface area contributed by atoms with Crippen molar-refractivity contribution in [3.8, 4) is 11.1 Å². The maximum absolute atomic E-state index is 12.9. The van der Waals surface area contributed by atoms with Crippen LogP contribution in [0.25, 0.3) is 22.2 Å². The van der Waals surface area contributed by atoms with Gasteiger partial charge in [0.05, 0.1) is 16.6 Å². The van der Waals surface area contributed by atoms with Gasteiger partial charge in [-0.05, 0) is 31.0 Å². The lowest BCUT2D eigenvalue weighted by Gasteiger charge is -2.08. The number of nitrogens with two attached hydrogens (primary N) is 1. The number of para-hydroxylation sites is 2. The fourth-order valence-corrected chi connectivity index (χ4v) is 5.25. The molecule has 2 aromatic carbocycles. The number of imidazole rings is 1. The van der Waals surface area contributed by atoms with Gasteiger partial charge in [0.2, 0.25) is 5.91 Å². The Morgan fingerprint density at radius 2 is 1.58 bits per heavy atom. The second-order valence-corrected chi connectivity index (χ2v) is 9.07. The first-order chi connectivity index (χ1) is 15.9. The number of hydrogen-bond donors (Lipinski definition) is 2. The second-order valence-electron chi connectivity index (χ2n) is 7.84. The Kier molecular flexibility index (Phi) is 6.46. The summed E-state index contributed by atoms with van der Waals surface area (Å²) in [5.41, 5.74) is 9.16. The zero-order chi connectivity index (χ0) is 23.5. The molecule has 0 aliphatic heterocycles. The van der Waals surface area contributed by atoms with E-state index in [2.05, 4.69) is 5.32 Å². The second kappa shape index (κ2) is 9.46. The molecule has 4 rings (SSSR count). The summed E-state index contributed by atoms with van der Waals surface area (Å²) in [5, 5.41) is 3.28. The summed E-state index contributed by atoms with van der Waals surface area (Å²) in [6, 6.07) is 17.1. The van der Waals surface area contributed by atoms with E-state index >= 15 is 0 Å². The molecule has 0 bridgehead atoms. The number of fused-ring (bicyclic) bond motifs is 1. The summed E-state index contributed by atoms with van der Waals surface area (Å²) in [7, 11) is 0. The minimum atomic E-state index is -0.590. The lowest BCUT2D eigenvalue weighted by atomic mass is 10.0. The van der Waals surface area contributed by atoms with Crippen LogP contribution in [0.15, 0.2) is 59.4 Å². The SMILES string of the molecule is CCCn1c(=O)n(CCC(=O)Nc2sc(C)c(-c3ccccc3)c2C(N)=O)c2ccccc21. The Labute approximate surface area is 195 Å². The topological polar surface area (TPSA) is 99.1 Å². The molecule has 0 aliphatic carbocycles. The number of amides is 2. The van der Waals surface area contributed by atoms with Gasteiger partial charge in [-0.1, -0.05) is 49.4 Å². The first-order valence-electron chi connectivity index (χ1n) is 10.9. The molecule has 7 nitrogen and oxygen atoms in total. The quantitative estimate of drug-likeness (QED) is 0.406. The van der Waals surface area contributed by atoms with E-state index in [1.807, 2.05) is 68.4 Å². The molecular formula is C25H26N4O3S. The number of primary amides is 1. The molecule has 0 spiro atoms. The minimum Gasteiger partial charge on any atom is -0.365 e. The first kappa shape index (κ1) is 22.5. The largest absolute Gasteiger partial charge is 0.365 e. The van der Waals surface area contributed by atoms with Crippen molar-refractivity contribution < 1.29 is 9.59 Å². The fourth-order valence-electron chi connectivity index (χ4n) is 4.15. The number of carbonyl (C=O) groups excluding carboxylic acids is 2. The summed E-state index contributed by atoms with van der Waals surface area (Å²) in [4.78, 5) is 38.9. The van der Waals surface area contributed by atoms with Crippen LogP contribution >= 0.6 is 11.3 Å². The van der Waals surface area contributed by atoms with Crippen LogP contribution < -0.4 is 16.7 Å². The summed E-state index contributed by atoms with van der Waals surface area (Å²) in [5.74, 6) is -0.870. The number of benzene rings is 2. The summed E-state index contributed by atoms with van der Waals surface area (Å²) in [6.45, 7) is 4.78. The van der Waals surface area contributed by atoms with Crippen LogP contribution in [0.3, 0.4) is 0 Å². The third-order valence-corrected chi connectivity index (χ3v) is 6.60. The van der Waals surface area contributed by atoms with Crippen LogP contribution in [0, 0.1) is 6.92 Å². The van der Waals surface area contributed by atoms with Crippen molar-refractivity contribution in [1.82, 2.24) is 9.13 Å². The Hall–Kier alpha value is -3.65. The van der Waals surface area contributed by atoms with E-state index in [-0.39, 0.29) is 24.6 Å². The number of hydrogen-bond acceptors (Lipinski definition) is 4. The molecule has 0 saturated carbocycles. The Morgan fingerprint density at radius 1 is 0.970 bits per heavy atom. The number of nitrogens with one attached hydrogen (secondary N) is 1. The molecule has 0 saturated heterocycles. The zero-order valence-corrected chi connectivity index (χ0v) is 19.4. The number of nitrogens with zero attached hydrogens (tertiary/aromatic N) is 2. The van der Waals surface area contributed by atoms with Crippen LogP contribution in [0.5, 0.6) is 0 Å². The number of rotatable bonds is 8. The summed E-state index contributed by atoms with van der Waals surface area (Å²) >= 11 is 1.33. The zero-order valence-electron chi connectivity index (χ0n) is 18.6. The summed E-state index contributed by atoms with van der Waals surface area (Å²) in [6.07, 6.45) is 0.932. The number of carbonyl (C=O) groups is 2. The fraction of sp³-hybridized carbons (Fsp3) is 0.240. The molecular weight excluding hydrogens is 436 g/mol. The molecule has 33 heavy (non-hydrogen) atoms. The number of anilines is 1. The van der Waals surface area contributed by atoms with Crippen molar-refractivity contribution in [1.29, 1.82) is 0 Å². The molecule has 170 valence electrons. The van der Waals surface area contributed by atoms with E-state index in [1.54, 1.807) is 9.13 Å². The number of aryl methyl sites for hydroxylation is 3. The smallest absolute Gasteiger partial charge is 0.329 e. The molecule has 4 aromatic rings. The highest BCUT2D eigenvalue weighted by atomic mass is 32.1. The van der Waals surface area contributed by atoms with Crippen molar-refractivity contribution >= 4 is 39.2 Å². The Morgan fingerprint density at radius 3 is 2.18 bits per heavy atom. The molecule has 0 aliphatic rings. The molecule has 2 aromatic heterocycles. The minimum absolute atomic E-state index is 0.0931. The molecule has 2 amide bonds. The van der Waals surface area contributed by atoms with Crippen LogP contribution in [0.1, 0.15) is 35.0 Å². The predicted molar refractivity (Wildman–Crippen MR) is 133 cm³/mol. The standard InChI is InChI=1S/C25H26N4O3S/c1-3-14-28-18-11-7-8-12-19(18)29(25(28)32)15-13-20(30)27-24-22(23(26)31)21(16(2)33-24)17-9-5-4-6-10-17/h4-12H,3,13-15H2,1-2H3,(H2,26,31)(H,27,30). The van der Waals surface area contributed by atoms with Gasteiger partial charge in [0.25, 0.3) is 5.91 Å². The van der Waals surface area contributed by atoms with Crippen LogP contribution in [0.4, 0.5) is 5.00 Å². The van der Waals surface area contributed by atoms with Gasteiger partial charge < -0.3 is 11.1 Å². The molecule has 2 heterocycles. The van der Waals surface area contributed by atoms with Gasteiger partial charge >= 0.3 is 5.69 Å². The van der Waals surface area contributed by atoms with Gasteiger partial charge in [0.1, 0.15) is 5.00 Å². The number of thiophene rings is 1. The van der Waals surface area contributed by atoms with E-state index in [9.17, 15) is 14.4 Å². The summed E-state index contributed by atoms with van der Waals surface area (Å²) < 4.78 is 3.38. The third-order valence-electron chi connectivity index (χ3n) is 5.58. The molecule has 0 atom stereocenters. The lowest BCUT2D eigenvalue weighted by Crippen LogP contribution is -2.26. The van der Waals surface area contributed by atoms with Crippen LogP contribution in [-0.4, -0.2) is 20.9 Å². The van der Waals surface area contributed by atoms with E-state index in [4.69, 9.17) is 5.73 Å². The van der Waals surface area contributed by atoms with Crippen LogP contribution in [0.2, 0.25) is 0 Å². The van der Waals surface area contributed by atoms with E-state index in [0.29, 0.717) is 17.1 Å². The maximum atomic E-state index is 12.9. The molecule has 0 radical (unpaired) electrons. The highest BCUT2D eigenvalue weighted by molar-refractivity contribution is 7.17. The maximum Gasteiger partial charge on any atom is 0.329 e. The van der Waals surface area contributed by atoms with Crippen molar-refractivity contribution in [2.24, 2.45) is 5.73 Å². The van der Waals surface area contributed by atoms with Crippen molar-refractivity contribution in [2.75, 3.05) is 5.32 Å². The third kappa shape index (κ3) is 4.34. The highest BCUT2D eigenvalue weighted by Gasteiger charge is 2.23. The van der Waals surface area contributed by atoms with Gasteiger partial charge in [0, 0.05) is 30.0 Å². The van der Waals surface area contributed by atoms with Gasteiger partial charge in [-0.15, -0.1) is 11.3 Å². The van der Waals surface area contributed by atoms with Crippen molar-refractivity contribution in [3.05, 3.63) is 75.5 Å². The Bertz CT molecular complexity index is 1380. The van der Waals surface area contributed by atoms with Gasteiger partial charge in [-0.2, -0.15) is 0 Å². The van der Waals surface area contributed by atoms with Gasteiger partial charge in [0.15, 0.2) is 0 Å². The Balaban J connectivity index is 1.58. The van der Waals surface area contributed by atoms with E-state index in [1.165, 1.54) is 11.3 Å². The highest BCUT2D eigenvalue weighted by Crippen LogP contribution is 2.39. The predicted octanol–water partition coefficient (Wildman–Crippen LogP) is 4.38. The van der Waals surface area contributed by atoms with E-state index in [0.717, 1.165) is 33.5 Å². The molecule has 3 N–H and O–H groups in total. The van der Waals surface area contributed by atoms with E-state index < -0.39 is 5.91 Å². The monoisotopic (exact) mass is 462 g/mol. The van der Waals surface area contributed by atoms with Crippen molar-refractivity contribution in [3.63, 3.8) is 0 Å². The van der Waals surface area contributed by atoms with Crippen molar-refractivity contribution in [2.45, 2.75) is 39.8 Å². The average molecular weight is 463 g/mol. The molecule has 8 heteroatoms. The average Bonchev–Trinajstić information content (AvgIpc) is 3.27. The van der Waals surface area contributed by atoms with Gasteiger partial charge in [-0.3, -0.25) is 18.7 Å². The first-order valence-corrected chi connectivity index (χ1v) is 11.7. The normalized spacial score (nSPS) is 11.1.